The molecule has 3 N–H and O–H groups in total. The third kappa shape index (κ3) is 6.48. The standard InChI is InChI=1S/C20H21N3O4S/c1-27-17(25)13-12-16(24)21-20(28)23-22-19(26)18(14-8-4-2-5-9-14)15-10-6-3-7-11-15/h2-11,18H,12-13H2,1H3,(H,22,26)(H2,21,23,24,28). The number of rotatable bonds is 6. The highest BCUT2D eigenvalue weighted by atomic mass is 32.1. The first-order valence-corrected chi connectivity index (χ1v) is 8.98. The predicted molar refractivity (Wildman–Crippen MR) is 108 cm³/mol. The molecular weight excluding hydrogens is 378 g/mol. The van der Waals surface area contributed by atoms with Gasteiger partial charge in [0.25, 0.3) is 0 Å². The Kier molecular flexibility index (Phi) is 8.11. The van der Waals surface area contributed by atoms with Gasteiger partial charge in [-0.1, -0.05) is 60.7 Å². The maximum Gasteiger partial charge on any atom is 0.306 e. The lowest BCUT2D eigenvalue weighted by Gasteiger charge is -2.19. The van der Waals surface area contributed by atoms with E-state index in [1.54, 1.807) is 0 Å². The number of methoxy groups -OCH3 is 1. The number of esters is 1. The molecule has 0 aliphatic carbocycles. The van der Waals surface area contributed by atoms with Gasteiger partial charge in [0.1, 0.15) is 0 Å². The van der Waals surface area contributed by atoms with Crippen LogP contribution in [0, 0.1) is 0 Å². The molecular formula is C20H21N3O4S. The molecule has 0 unspecified atom stereocenters. The summed E-state index contributed by atoms with van der Waals surface area (Å²) < 4.78 is 4.47. The minimum atomic E-state index is -0.548. The summed E-state index contributed by atoms with van der Waals surface area (Å²) in [5.74, 6) is -1.83. The minimum absolute atomic E-state index is 0.0542. The Morgan fingerprint density at radius 2 is 1.43 bits per heavy atom. The minimum Gasteiger partial charge on any atom is -0.469 e. The molecule has 0 fully saturated rings. The molecule has 0 aromatic heterocycles. The van der Waals surface area contributed by atoms with Crippen molar-refractivity contribution < 1.29 is 19.1 Å². The van der Waals surface area contributed by atoms with Crippen LogP contribution in [0.15, 0.2) is 60.7 Å². The van der Waals surface area contributed by atoms with E-state index < -0.39 is 17.8 Å². The Morgan fingerprint density at radius 1 is 0.893 bits per heavy atom. The summed E-state index contributed by atoms with van der Waals surface area (Å²) in [5, 5.41) is 2.33. The highest BCUT2D eigenvalue weighted by molar-refractivity contribution is 7.80. The predicted octanol–water partition coefficient (Wildman–Crippen LogP) is 1.79. The molecule has 0 atom stereocenters. The molecule has 8 heteroatoms. The highest BCUT2D eigenvalue weighted by Crippen LogP contribution is 2.24. The normalized spacial score (nSPS) is 10.1. The smallest absolute Gasteiger partial charge is 0.306 e. The van der Waals surface area contributed by atoms with E-state index in [1.807, 2.05) is 60.7 Å². The van der Waals surface area contributed by atoms with Crippen LogP contribution in [-0.2, 0) is 19.1 Å². The number of hydrogen-bond acceptors (Lipinski definition) is 5. The van der Waals surface area contributed by atoms with Crippen molar-refractivity contribution in [1.82, 2.24) is 16.2 Å². The summed E-state index contributed by atoms with van der Waals surface area (Å²) in [6.45, 7) is 0. The van der Waals surface area contributed by atoms with Crippen LogP contribution >= 0.6 is 12.2 Å². The van der Waals surface area contributed by atoms with Crippen LogP contribution in [0.2, 0.25) is 0 Å². The van der Waals surface area contributed by atoms with Gasteiger partial charge in [-0.3, -0.25) is 25.2 Å². The summed E-state index contributed by atoms with van der Waals surface area (Å²) >= 11 is 5.00. The number of hydrogen-bond donors (Lipinski definition) is 3. The number of hydrazine groups is 1. The topological polar surface area (TPSA) is 96.5 Å². The van der Waals surface area contributed by atoms with Gasteiger partial charge >= 0.3 is 5.97 Å². The number of thiocarbonyl (C=S) groups is 1. The van der Waals surface area contributed by atoms with Crippen molar-refractivity contribution in [3.05, 3.63) is 71.8 Å². The second-order valence-electron chi connectivity index (χ2n) is 5.82. The van der Waals surface area contributed by atoms with E-state index >= 15 is 0 Å². The van der Waals surface area contributed by atoms with Crippen LogP contribution in [-0.4, -0.2) is 30.0 Å². The average molecular weight is 399 g/mol. The van der Waals surface area contributed by atoms with Crippen molar-refractivity contribution >= 4 is 35.1 Å². The molecule has 2 aromatic carbocycles. The van der Waals surface area contributed by atoms with E-state index in [-0.39, 0.29) is 23.9 Å². The van der Waals surface area contributed by atoms with Crippen LogP contribution in [0.3, 0.4) is 0 Å². The molecule has 0 bridgehead atoms. The van der Waals surface area contributed by atoms with E-state index in [0.29, 0.717) is 0 Å². The lowest BCUT2D eigenvalue weighted by molar-refractivity contribution is -0.142. The Bertz CT molecular complexity index is 788. The van der Waals surface area contributed by atoms with Crippen molar-refractivity contribution in [3.8, 4) is 0 Å². The lowest BCUT2D eigenvalue weighted by Crippen LogP contribution is -2.49. The molecule has 0 heterocycles. The zero-order valence-electron chi connectivity index (χ0n) is 15.3. The molecule has 7 nitrogen and oxygen atoms in total. The van der Waals surface area contributed by atoms with Crippen molar-refractivity contribution in [2.45, 2.75) is 18.8 Å². The zero-order chi connectivity index (χ0) is 20.4. The Balaban J connectivity index is 1.96. The molecule has 0 spiro atoms. The summed E-state index contributed by atoms with van der Waals surface area (Å²) in [5.41, 5.74) is 6.68. The van der Waals surface area contributed by atoms with Gasteiger partial charge in [0, 0.05) is 6.42 Å². The van der Waals surface area contributed by atoms with Gasteiger partial charge in [0.05, 0.1) is 19.4 Å². The Labute approximate surface area is 168 Å². The number of nitrogens with one attached hydrogen (secondary N) is 3. The van der Waals surface area contributed by atoms with E-state index in [9.17, 15) is 14.4 Å². The number of ether oxygens (including phenoxy) is 1. The van der Waals surface area contributed by atoms with Crippen LogP contribution in [0.25, 0.3) is 0 Å². The van der Waals surface area contributed by atoms with E-state index in [0.717, 1.165) is 11.1 Å². The van der Waals surface area contributed by atoms with Crippen LogP contribution in [0.1, 0.15) is 29.9 Å². The number of carbonyl (C=O) groups excluding carboxylic acids is 3. The van der Waals surface area contributed by atoms with Crippen molar-refractivity contribution in [2.24, 2.45) is 0 Å². The molecule has 0 aliphatic rings. The molecule has 0 saturated carbocycles. The third-order valence-electron chi connectivity index (χ3n) is 3.86. The van der Waals surface area contributed by atoms with Gasteiger partial charge in [-0.2, -0.15) is 0 Å². The monoisotopic (exact) mass is 399 g/mol. The van der Waals surface area contributed by atoms with Crippen LogP contribution in [0.4, 0.5) is 0 Å². The summed E-state index contributed by atoms with van der Waals surface area (Å²) in [4.78, 5) is 35.6. The SMILES string of the molecule is COC(=O)CCC(=O)NC(=S)NNC(=O)C(c1ccccc1)c1ccccc1. The number of benzene rings is 2. The van der Waals surface area contributed by atoms with Gasteiger partial charge in [-0.05, 0) is 23.3 Å². The largest absolute Gasteiger partial charge is 0.469 e. The maximum atomic E-state index is 12.8. The van der Waals surface area contributed by atoms with Gasteiger partial charge in [-0.25, -0.2) is 0 Å². The molecule has 146 valence electrons. The fourth-order valence-electron chi connectivity index (χ4n) is 2.51. The fraction of sp³-hybridized carbons (Fsp3) is 0.200. The Hall–Kier alpha value is -3.26. The molecule has 0 aliphatic heterocycles. The first-order valence-electron chi connectivity index (χ1n) is 8.57. The van der Waals surface area contributed by atoms with Gasteiger partial charge < -0.3 is 10.1 Å². The van der Waals surface area contributed by atoms with Gasteiger partial charge in [0.15, 0.2) is 5.11 Å². The molecule has 0 saturated heterocycles. The van der Waals surface area contributed by atoms with E-state index in [1.165, 1.54) is 7.11 Å². The lowest BCUT2D eigenvalue weighted by atomic mass is 9.91. The summed E-state index contributed by atoms with van der Waals surface area (Å²) in [6, 6.07) is 18.6. The average Bonchev–Trinajstić information content (AvgIpc) is 2.72. The number of carbonyl (C=O) groups is 3. The second kappa shape index (κ2) is 10.8. The fourth-order valence-corrected chi connectivity index (χ4v) is 2.68. The van der Waals surface area contributed by atoms with E-state index in [4.69, 9.17) is 12.2 Å². The maximum absolute atomic E-state index is 12.8. The summed E-state index contributed by atoms with van der Waals surface area (Å²) in [7, 11) is 1.25. The zero-order valence-corrected chi connectivity index (χ0v) is 16.1. The molecule has 2 amide bonds. The van der Waals surface area contributed by atoms with Crippen molar-refractivity contribution in [3.63, 3.8) is 0 Å². The quantitative estimate of drug-likeness (QED) is 0.389. The highest BCUT2D eigenvalue weighted by Gasteiger charge is 2.22. The van der Waals surface area contributed by atoms with E-state index in [2.05, 4.69) is 20.9 Å². The van der Waals surface area contributed by atoms with Crippen molar-refractivity contribution in [2.75, 3.05) is 7.11 Å². The number of amides is 2. The third-order valence-corrected chi connectivity index (χ3v) is 4.07. The molecule has 0 radical (unpaired) electrons. The van der Waals surface area contributed by atoms with Crippen molar-refractivity contribution in [1.29, 1.82) is 0 Å². The molecule has 2 aromatic rings. The second-order valence-corrected chi connectivity index (χ2v) is 6.23. The Morgan fingerprint density at radius 3 is 1.93 bits per heavy atom. The van der Waals surface area contributed by atoms with Crippen LogP contribution < -0.4 is 16.2 Å². The first-order chi connectivity index (χ1) is 13.5. The van der Waals surface area contributed by atoms with Gasteiger partial charge in [-0.15, -0.1) is 0 Å². The first kappa shape index (κ1) is 21.0. The molecule has 2 rings (SSSR count). The molecule has 28 heavy (non-hydrogen) atoms. The summed E-state index contributed by atoms with van der Waals surface area (Å²) in [6.07, 6.45) is -0.125. The van der Waals surface area contributed by atoms with Crippen LogP contribution in [0.5, 0.6) is 0 Å². The van der Waals surface area contributed by atoms with Gasteiger partial charge in [0.2, 0.25) is 11.8 Å².